The maximum Gasteiger partial charge on any atom is 0.416 e. The number of ether oxygens (including phenoxy) is 2. The van der Waals surface area contributed by atoms with Crippen LogP contribution in [0.4, 0.5) is 41.1 Å². The molecule has 0 saturated heterocycles. The first-order valence-electron chi connectivity index (χ1n) is 10.7. The summed E-state index contributed by atoms with van der Waals surface area (Å²) in [5.41, 5.74) is 11.0. The lowest BCUT2D eigenvalue weighted by Crippen LogP contribution is -2.36. The molecule has 0 saturated carbocycles. The molecule has 0 bridgehead atoms. The van der Waals surface area contributed by atoms with Gasteiger partial charge in [0.1, 0.15) is 23.4 Å². The first-order chi connectivity index (χ1) is 17.0. The van der Waals surface area contributed by atoms with E-state index in [0.717, 1.165) is 12.1 Å². The maximum absolute atomic E-state index is 13.1. The van der Waals surface area contributed by atoms with Gasteiger partial charge in [-0.05, 0) is 37.3 Å². The number of thioether (sulfide) groups is 1. The molecule has 11 nitrogen and oxygen atoms in total. The van der Waals surface area contributed by atoms with Crippen LogP contribution < -0.4 is 27.4 Å². The smallest absolute Gasteiger partial charge is 0.416 e. The molecule has 36 heavy (non-hydrogen) atoms. The minimum Gasteiger partial charge on any atom is -0.447 e. The molecule has 0 spiro atoms. The summed E-state index contributed by atoms with van der Waals surface area (Å²) in [5, 5.41) is 8.30. The molecular weight excluding hydrogens is 503 g/mol. The van der Waals surface area contributed by atoms with E-state index in [0.29, 0.717) is 11.4 Å². The van der Waals surface area contributed by atoms with Gasteiger partial charge in [-0.3, -0.25) is 4.79 Å². The highest BCUT2D eigenvalue weighted by atomic mass is 32.2. The number of nitrogens with one attached hydrogen (secondary N) is 3. The molecule has 0 radical (unpaired) electrons. The average molecular weight is 532 g/mol. The zero-order valence-corrected chi connectivity index (χ0v) is 20.5. The van der Waals surface area contributed by atoms with E-state index in [9.17, 15) is 22.8 Å². The first-order valence-corrected chi connectivity index (χ1v) is 11.9. The molecule has 0 aliphatic carbocycles. The number of rotatable bonds is 12. The topological polar surface area (TPSA) is 167 Å². The van der Waals surface area contributed by atoms with Gasteiger partial charge in [0, 0.05) is 19.3 Å². The van der Waals surface area contributed by atoms with Crippen molar-refractivity contribution in [3.8, 4) is 0 Å². The highest BCUT2D eigenvalue weighted by Crippen LogP contribution is 2.31. The number of aromatic nitrogens is 2. The molecule has 1 heterocycles. The lowest BCUT2D eigenvalue weighted by atomic mass is 10.1. The molecule has 1 aromatic carbocycles. The Kier molecular flexibility index (Phi) is 10.9. The van der Waals surface area contributed by atoms with Gasteiger partial charge in [0.25, 0.3) is 0 Å². The second kappa shape index (κ2) is 13.6. The van der Waals surface area contributed by atoms with Gasteiger partial charge in [0.2, 0.25) is 11.9 Å². The lowest BCUT2D eigenvalue weighted by molar-refractivity contribution is -0.137. The fraction of sp³-hybridized carbons (Fsp3) is 0.429. The number of alkyl halides is 3. The summed E-state index contributed by atoms with van der Waals surface area (Å²) in [7, 11) is 1.47. The van der Waals surface area contributed by atoms with Crippen LogP contribution in [0.15, 0.2) is 29.3 Å². The van der Waals surface area contributed by atoms with E-state index in [2.05, 4.69) is 25.9 Å². The van der Waals surface area contributed by atoms with E-state index in [-0.39, 0.29) is 49.3 Å². The standard InChI is InChI=1S/C21H28F3N7O4S/c1-34-9-10-35-20(33)27-8-4-7-14(29-16-15(25)18(36-2)31-19(26)30-16)17(32)28-13-6-3-5-12(11-13)21(22,23)24/h3,5-6,11,14H,4,7-10,25H2,1-2H3,(H,27,33)(H,28,32)(H3,26,29,30,31)/t14-/m0/s1. The van der Waals surface area contributed by atoms with Crippen LogP contribution in [0.25, 0.3) is 0 Å². The van der Waals surface area contributed by atoms with E-state index >= 15 is 0 Å². The van der Waals surface area contributed by atoms with Crippen molar-refractivity contribution in [3.63, 3.8) is 0 Å². The Morgan fingerprint density at radius 3 is 2.61 bits per heavy atom. The molecule has 2 aromatic rings. The summed E-state index contributed by atoms with van der Waals surface area (Å²) in [6, 6.07) is 3.27. The number of halogens is 3. The monoisotopic (exact) mass is 531 g/mol. The predicted molar refractivity (Wildman–Crippen MR) is 131 cm³/mol. The molecule has 0 unspecified atom stereocenters. The Labute approximate surface area is 209 Å². The minimum absolute atomic E-state index is 0.0403. The molecule has 0 aliphatic heterocycles. The molecular formula is C21H28F3N7O4S. The summed E-state index contributed by atoms with van der Waals surface area (Å²) in [6.45, 7) is 0.493. The summed E-state index contributed by atoms with van der Waals surface area (Å²) in [4.78, 5) is 32.8. The molecule has 7 N–H and O–H groups in total. The Hall–Kier alpha value is -3.46. The van der Waals surface area contributed by atoms with Gasteiger partial charge in [-0.25, -0.2) is 9.78 Å². The molecule has 2 rings (SSSR count). The number of alkyl carbamates (subject to hydrolysis) is 1. The van der Waals surface area contributed by atoms with Gasteiger partial charge in [-0.1, -0.05) is 6.07 Å². The van der Waals surface area contributed by atoms with Gasteiger partial charge < -0.3 is 36.9 Å². The van der Waals surface area contributed by atoms with Crippen molar-refractivity contribution >= 4 is 46.9 Å². The van der Waals surface area contributed by atoms with E-state index in [1.54, 1.807) is 6.26 Å². The van der Waals surface area contributed by atoms with Crippen molar-refractivity contribution in [2.24, 2.45) is 0 Å². The zero-order valence-electron chi connectivity index (χ0n) is 19.6. The Balaban J connectivity index is 2.14. The van der Waals surface area contributed by atoms with Gasteiger partial charge in [-0.15, -0.1) is 11.8 Å². The van der Waals surface area contributed by atoms with Crippen LogP contribution in [-0.2, 0) is 20.4 Å². The number of benzene rings is 1. The number of nitrogens with two attached hydrogens (primary N) is 2. The van der Waals surface area contributed by atoms with Crippen molar-refractivity contribution in [1.82, 2.24) is 15.3 Å². The third-order valence-corrected chi connectivity index (χ3v) is 5.36. The Morgan fingerprint density at radius 1 is 1.19 bits per heavy atom. The Morgan fingerprint density at radius 2 is 1.94 bits per heavy atom. The molecule has 1 aromatic heterocycles. The number of nitrogens with zero attached hydrogens (tertiary/aromatic N) is 2. The molecule has 2 amide bonds. The number of anilines is 4. The van der Waals surface area contributed by atoms with Crippen molar-refractivity contribution < 1.29 is 32.2 Å². The average Bonchev–Trinajstić information content (AvgIpc) is 2.82. The molecule has 0 fully saturated rings. The molecule has 0 aliphatic rings. The number of methoxy groups -OCH3 is 1. The molecule has 1 atom stereocenters. The van der Waals surface area contributed by atoms with Gasteiger partial charge in [-0.2, -0.15) is 18.2 Å². The highest BCUT2D eigenvalue weighted by Gasteiger charge is 2.31. The Bertz CT molecular complexity index is 1040. The molecule has 198 valence electrons. The van der Waals surface area contributed by atoms with E-state index in [1.807, 2.05) is 0 Å². The van der Waals surface area contributed by atoms with Crippen LogP contribution >= 0.6 is 11.8 Å². The van der Waals surface area contributed by atoms with Crippen molar-refractivity contribution in [2.45, 2.75) is 30.1 Å². The second-order valence-corrected chi connectivity index (χ2v) is 8.11. The zero-order chi connectivity index (χ0) is 26.7. The number of carbonyl (C=O) groups is 2. The van der Waals surface area contributed by atoms with E-state index in [4.69, 9.17) is 20.9 Å². The third kappa shape index (κ3) is 8.96. The first kappa shape index (κ1) is 28.8. The summed E-state index contributed by atoms with van der Waals surface area (Å²) >= 11 is 1.22. The SMILES string of the molecule is COCCOC(=O)NCCC[C@H](Nc1nc(N)nc(SC)c1N)C(=O)Nc1cccc(C(F)(F)F)c1. The number of hydrogen-bond donors (Lipinski definition) is 5. The van der Waals surface area contributed by atoms with Crippen molar-refractivity contribution in [1.29, 1.82) is 0 Å². The van der Waals surface area contributed by atoms with E-state index in [1.165, 1.54) is 31.0 Å². The largest absolute Gasteiger partial charge is 0.447 e. The quantitative estimate of drug-likeness (QED) is 0.156. The van der Waals surface area contributed by atoms with Crippen LogP contribution in [0.1, 0.15) is 18.4 Å². The summed E-state index contributed by atoms with van der Waals surface area (Å²) in [6.07, 6.45) is -3.02. The van der Waals surface area contributed by atoms with Crippen LogP contribution in [0.5, 0.6) is 0 Å². The minimum atomic E-state index is -4.57. The predicted octanol–water partition coefficient (Wildman–Crippen LogP) is 2.95. The van der Waals surface area contributed by atoms with Crippen molar-refractivity contribution in [2.75, 3.05) is 55.2 Å². The maximum atomic E-state index is 13.1. The van der Waals surface area contributed by atoms with Crippen LogP contribution in [0.3, 0.4) is 0 Å². The third-order valence-electron chi connectivity index (χ3n) is 4.67. The van der Waals surface area contributed by atoms with Crippen LogP contribution in [0, 0.1) is 0 Å². The normalized spacial score (nSPS) is 12.0. The van der Waals surface area contributed by atoms with Crippen molar-refractivity contribution in [3.05, 3.63) is 29.8 Å². The number of carbonyl (C=O) groups excluding carboxylic acids is 2. The van der Waals surface area contributed by atoms with Crippen LogP contribution in [-0.4, -0.2) is 61.1 Å². The van der Waals surface area contributed by atoms with Gasteiger partial charge in [0.15, 0.2) is 5.82 Å². The fourth-order valence-corrected chi connectivity index (χ4v) is 3.43. The highest BCUT2D eigenvalue weighted by molar-refractivity contribution is 7.98. The fourth-order valence-electron chi connectivity index (χ4n) is 2.93. The van der Waals surface area contributed by atoms with E-state index < -0.39 is 29.8 Å². The van der Waals surface area contributed by atoms with Gasteiger partial charge >= 0.3 is 12.3 Å². The van der Waals surface area contributed by atoms with Crippen LogP contribution in [0.2, 0.25) is 0 Å². The lowest BCUT2D eigenvalue weighted by Gasteiger charge is -2.21. The number of hydrogen-bond acceptors (Lipinski definition) is 10. The molecule has 15 heteroatoms. The second-order valence-electron chi connectivity index (χ2n) is 7.32. The summed E-state index contributed by atoms with van der Waals surface area (Å²) in [5.74, 6) is -0.615. The number of amides is 2. The number of nitrogen functional groups attached to an aromatic ring is 2. The summed E-state index contributed by atoms with van der Waals surface area (Å²) < 4.78 is 48.8. The van der Waals surface area contributed by atoms with Gasteiger partial charge in [0.05, 0.1) is 12.2 Å².